The minimum absolute atomic E-state index is 0.300. The maximum Gasteiger partial charge on any atom is 0.0446 e. The van der Waals surface area contributed by atoms with Gasteiger partial charge in [-0.3, -0.25) is 0 Å². The molecule has 0 aromatic heterocycles. The summed E-state index contributed by atoms with van der Waals surface area (Å²) in [7, 11) is 0. The van der Waals surface area contributed by atoms with Crippen LogP contribution in [0.4, 0.5) is 0 Å². The molecule has 0 amide bonds. The first kappa shape index (κ1) is 14.8. The Morgan fingerprint density at radius 3 is 2.28 bits per heavy atom. The van der Waals surface area contributed by atoms with Crippen LogP contribution in [-0.4, -0.2) is 0 Å². The quantitative estimate of drug-likeness (QED) is 0.416. The highest BCUT2D eigenvalue weighted by Gasteiger charge is 2.12. The Morgan fingerprint density at radius 1 is 0.889 bits per heavy atom. The lowest BCUT2D eigenvalue weighted by Crippen LogP contribution is -1.96. The van der Waals surface area contributed by atoms with Gasteiger partial charge in [-0.2, -0.15) is 0 Å². The lowest BCUT2D eigenvalue weighted by atomic mass is 10.0. The number of hydrogen-bond donors (Lipinski definition) is 0. The van der Waals surface area contributed by atoms with Gasteiger partial charge in [0, 0.05) is 18.2 Å². The molecule has 0 heterocycles. The number of alkyl halides is 1. The first-order valence-corrected chi connectivity index (χ1v) is 8.69. The van der Waals surface area contributed by atoms with Crippen molar-refractivity contribution in [3.8, 4) is 0 Å². The SMILES string of the molecule is Brc1cccc(CC(Br)c2ccc(Br)cc2Br)c1. The fourth-order valence-electron chi connectivity index (χ4n) is 1.74. The molecule has 1 unspecified atom stereocenters. The third-order valence-corrected chi connectivity index (χ3v) is 5.09. The molecule has 4 heteroatoms. The summed E-state index contributed by atoms with van der Waals surface area (Å²) in [6, 6.07) is 14.7. The van der Waals surface area contributed by atoms with Crippen LogP contribution in [-0.2, 0) is 6.42 Å². The van der Waals surface area contributed by atoms with Gasteiger partial charge < -0.3 is 0 Å². The third kappa shape index (κ3) is 3.92. The van der Waals surface area contributed by atoms with Crippen molar-refractivity contribution < 1.29 is 0 Å². The third-order valence-electron chi connectivity index (χ3n) is 2.60. The summed E-state index contributed by atoms with van der Waals surface area (Å²) in [5.74, 6) is 0. The van der Waals surface area contributed by atoms with Crippen molar-refractivity contribution in [1.29, 1.82) is 0 Å². The molecule has 1 atom stereocenters. The average Bonchev–Trinajstić information content (AvgIpc) is 2.28. The van der Waals surface area contributed by atoms with Gasteiger partial charge in [0.05, 0.1) is 0 Å². The monoisotopic (exact) mass is 494 g/mol. The Morgan fingerprint density at radius 2 is 1.61 bits per heavy atom. The van der Waals surface area contributed by atoms with E-state index in [4.69, 9.17) is 0 Å². The van der Waals surface area contributed by atoms with E-state index in [-0.39, 0.29) is 0 Å². The highest BCUT2D eigenvalue weighted by atomic mass is 79.9. The Balaban J connectivity index is 2.19. The highest BCUT2D eigenvalue weighted by Crippen LogP contribution is 2.34. The summed E-state index contributed by atoms with van der Waals surface area (Å²) in [6.07, 6.45) is 0.958. The van der Waals surface area contributed by atoms with Crippen LogP contribution in [0.5, 0.6) is 0 Å². The van der Waals surface area contributed by atoms with E-state index in [1.807, 2.05) is 6.07 Å². The molecule has 2 aromatic carbocycles. The van der Waals surface area contributed by atoms with Gasteiger partial charge in [-0.15, -0.1) is 0 Å². The zero-order valence-electron chi connectivity index (χ0n) is 9.34. The van der Waals surface area contributed by atoms with Gasteiger partial charge in [0.1, 0.15) is 0 Å². The molecule has 0 aliphatic carbocycles. The fraction of sp³-hybridized carbons (Fsp3) is 0.143. The summed E-state index contributed by atoms with van der Waals surface area (Å²) in [4.78, 5) is 0.300. The van der Waals surface area contributed by atoms with Crippen molar-refractivity contribution >= 4 is 63.7 Å². The van der Waals surface area contributed by atoms with Gasteiger partial charge in [-0.1, -0.05) is 81.9 Å². The summed E-state index contributed by atoms with van der Waals surface area (Å²) >= 11 is 14.3. The molecule has 0 saturated carbocycles. The second-order valence-corrected chi connectivity index (χ2v) is 7.76. The Bertz CT molecular complexity index is 551. The minimum atomic E-state index is 0.300. The molecule has 0 nitrogen and oxygen atoms in total. The maximum atomic E-state index is 3.76. The van der Waals surface area contributed by atoms with Gasteiger partial charge in [0.25, 0.3) is 0 Å². The molecule has 0 spiro atoms. The molecule has 0 N–H and O–H groups in total. The largest absolute Gasteiger partial charge is 0.0835 e. The van der Waals surface area contributed by atoms with Crippen LogP contribution in [0.3, 0.4) is 0 Å². The van der Waals surface area contributed by atoms with E-state index in [0.717, 1.165) is 19.8 Å². The molecule has 0 radical (unpaired) electrons. The number of halogens is 4. The molecule has 0 fully saturated rings. The molecule has 2 aromatic rings. The van der Waals surface area contributed by atoms with E-state index < -0.39 is 0 Å². The van der Waals surface area contributed by atoms with E-state index in [9.17, 15) is 0 Å². The summed E-state index contributed by atoms with van der Waals surface area (Å²) in [5, 5.41) is 0. The molecule has 0 bridgehead atoms. The predicted molar refractivity (Wildman–Crippen MR) is 91.4 cm³/mol. The molecule has 0 aliphatic heterocycles. The second kappa shape index (κ2) is 6.69. The standard InChI is InChI=1S/C14H10Br4/c15-10-3-1-2-9(6-10)7-13(17)12-5-4-11(16)8-14(12)18/h1-6,8,13H,7H2. The smallest absolute Gasteiger partial charge is 0.0446 e. The normalized spacial score (nSPS) is 12.4. The van der Waals surface area contributed by atoms with Gasteiger partial charge in [0.2, 0.25) is 0 Å². The van der Waals surface area contributed by atoms with Crippen LogP contribution in [0.15, 0.2) is 55.9 Å². The summed E-state index contributed by atoms with van der Waals surface area (Å²) in [6.45, 7) is 0. The number of hydrogen-bond acceptors (Lipinski definition) is 0. The van der Waals surface area contributed by atoms with Gasteiger partial charge >= 0.3 is 0 Å². The Labute approximate surface area is 141 Å². The van der Waals surface area contributed by atoms with E-state index in [0.29, 0.717) is 4.83 Å². The van der Waals surface area contributed by atoms with E-state index in [2.05, 4.69) is 100 Å². The predicted octanol–water partition coefficient (Wildman–Crippen LogP) is 6.65. The minimum Gasteiger partial charge on any atom is -0.0835 e. The van der Waals surface area contributed by atoms with Gasteiger partial charge in [-0.25, -0.2) is 0 Å². The van der Waals surface area contributed by atoms with Crippen molar-refractivity contribution in [2.45, 2.75) is 11.2 Å². The lowest BCUT2D eigenvalue weighted by Gasteiger charge is -2.13. The summed E-state index contributed by atoms with van der Waals surface area (Å²) < 4.78 is 3.32. The molecule has 2 rings (SSSR count). The van der Waals surface area contributed by atoms with Crippen LogP contribution in [0.25, 0.3) is 0 Å². The van der Waals surface area contributed by atoms with Crippen LogP contribution in [0, 0.1) is 0 Å². The van der Waals surface area contributed by atoms with Crippen molar-refractivity contribution in [1.82, 2.24) is 0 Å². The highest BCUT2D eigenvalue weighted by molar-refractivity contribution is 9.11. The first-order chi connectivity index (χ1) is 8.56. The Kier molecular flexibility index (Phi) is 5.48. The Hall–Kier alpha value is 0.360. The van der Waals surface area contributed by atoms with Gasteiger partial charge in [0.15, 0.2) is 0 Å². The molecule has 0 aliphatic rings. The molecule has 0 saturated heterocycles. The zero-order valence-corrected chi connectivity index (χ0v) is 15.7. The molecular weight excluding hydrogens is 488 g/mol. The van der Waals surface area contributed by atoms with Crippen LogP contribution in [0.2, 0.25) is 0 Å². The van der Waals surface area contributed by atoms with E-state index in [1.165, 1.54) is 11.1 Å². The van der Waals surface area contributed by atoms with Crippen molar-refractivity contribution in [3.63, 3.8) is 0 Å². The van der Waals surface area contributed by atoms with Crippen LogP contribution < -0.4 is 0 Å². The van der Waals surface area contributed by atoms with Crippen molar-refractivity contribution in [2.75, 3.05) is 0 Å². The van der Waals surface area contributed by atoms with Crippen LogP contribution in [0.1, 0.15) is 16.0 Å². The number of benzene rings is 2. The number of rotatable bonds is 3. The van der Waals surface area contributed by atoms with Crippen LogP contribution >= 0.6 is 63.7 Å². The maximum absolute atomic E-state index is 3.76. The summed E-state index contributed by atoms with van der Waals surface area (Å²) in [5.41, 5.74) is 2.57. The second-order valence-electron chi connectivity index (χ2n) is 3.97. The van der Waals surface area contributed by atoms with E-state index in [1.54, 1.807) is 0 Å². The van der Waals surface area contributed by atoms with Gasteiger partial charge in [-0.05, 0) is 41.8 Å². The van der Waals surface area contributed by atoms with Crippen molar-refractivity contribution in [3.05, 3.63) is 67.0 Å². The zero-order chi connectivity index (χ0) is 13.1. The fourth-order valence-corrected chi connectivity index (χ4v) is 4.59. The first-order valence-electron chi connectivity index (χ1n) is 5.40. The molecule has 18 heavy (non-hydrogen) atoms. The molecule has 94 valence electrons. The van der Waals surface area contributed by atoms with Crippen molar-refractivity contribution in [2.24, 2.45) is 0 Å². The molecular formula is C14H10Br4. The van der Waals surface area contributed by atoms with E-state index >= 15 is 0 Å². The average molecular weight is 498 g/mol. The lowest BCUT2D eigenvalue weighted by molar-refractivity contribution is 0.942. The topological polar surface area (TPSA) is 0 Å².